The van der Waals surface area contributed by atoms with Gasteiger partial charge in [-0.1, -0.05) is 78.9 Å². The molecule has 3 aromatic rings. The molecule has 5 rings (SSSR count). The maximum Gasteiger partial charge on any atom is 0.164 e. The Morgan fingerprint density at radius 3 is 1.63 bits per heavy atom. The summed E-state index contributed by atoms with van der Waals surface area (Å²) in [6.45, 7) is 3.88. The average Bonchev–Trinajstić information content (AvgIpc) is 3.00. The fourth-order valence-electron chi connectivity index (χ4n) is 4.50. The average molecular weight is 358 g/mol. The number of aliphatic hydroxyl groups is 1. The van der Waals surface area contributed by atoms with Crippen LogP contribution in [0.25, 0.3) is 0 Å². The Balaban J connectivity index is 1.87. The lowest BCUT2D eigenvalue weighted by molar-refractivity contribution is -0.148. The Morgan fingerprint density at radius 1 is 0.667 bits per heavy atom. The molecule has 0 saturated carbocycles. The van der Waals surface area contributed by atoms with Gasteiger partial charge in [-0.25, -0.2) is 0 Å². The number of benzene rings is 3. The molecule has 1 fully saturated rings. The van der Waals surface area contributed by atoms with Gasteiger partial charge in [-0.05, 0) is 41.7 Å². The quantitative estimate of drug-likeness (QED) is 0.676. The summed E-state index contributed by atoms with van der Waals surface area (Å²) in [5.74, 6) is -0.683. The number of fused-ring (bicyclic) bond motifs is 5. The van der Waals surface area contributed by atoms with Gasteiger partial charge in [-0.3, -0.25) is 0 Å². The van der Waals surface area contributed by atoms with Gasteiger partial charge in [0, 0.05) is 0 Å². The van der Waals surface area contributed by atoms with Crippen LogP contribution < -0.4 is 0 Å². The van der Waals surface area contributed by atoms with Crippen LogP contribution in [0.1, 0.15) is 53.9 Å². The van der Waals surface area contributed by atoms with Crippen molar-refractivity contribution in [1.29, 1.82) is 0 Å². The van der Waals surface area contributed by atoms with Crippen LogP contribution in [-0.4, -0.2) is 10.9 Å². The molecule has 3 nitrogen and oxygen atoms in total. The van der Waals surface area contributed by atoms with Crippen LogP contribution in [0.5, 0.6) is 0 Å². The highest BCUT2D eigenvalue weighted by Gasteiger charge is 2.51. The molecule has 0 bridgehead atoms. The summed E-state index contributed by atoms with van der Waals surface area (Å²) < 4.78 is 12.6. The maximum absolute atomic E-state index is 12.2. The van der Waals surface area contributed by atoms with Gasteiger partial charge in [0.15, 0.2) is 5.79 Å². The molecule has 2 aliphatic rings. The largest absolute Gasteiger partial charge is 0.376 e. The second-order valence-electron chi connectivity index (χ2n) is 7.73. The van der Waals surface area contributed by atoms with Crippen LogP contribution in [0.15, 0.2) is 78.9 Å². The first-order chi connectivity index (χ1) is 13.0. The molecule has 0 aromatic heterocycles. The predicted molar refractivity (Wildman–Crippen MR) is 103 cm³/mol. The highest BCUT2D eigenvalue weighted by atomic mass is 16.8. The topological polar surface area (TPSA) is 38.7 Å². The highest BCUT2D eigenvalue weighted by molar-refractivity contribution is 5.56. The van der Waals surface area contributed by atoms with E-state index in [2.05, 4.69) is 0 Å². The first kappa shape index (κ1) is 16.7. The van der Waals surface area contributed by atoms with E-state index < -0.39 is 11.4 Å². The van der Waals surface area contributed by atoms with E-state index in [0.29, 0.717) is 0 Å². The lowest BCUT2D eigenvalue weighted by atomic mass is 9.78. The maximum atomic E-state index is 12.2. The molecule has 0 spiro atoms. The minimum Gasteiger partial charge on any atom is -0.376 e. The normalized spacial score (nSPS) is 24.4. The van der Waals surface area contributed by atoms with E-state index in [9.17, 15) is 5.11 Å². The molecule has 1 aliphatic carbocycles. The molecule has 0 unspecified atom stereocenters. The van der Waals surface area contributed by atoms with Crippen LogP contribution in [0, 0.1) is 0 Å². The molecule has 3 aromatic carbocycles. The van der Waals surface area contributed by atoms with Gasteiger partial charge in [0.05, 0.1) is 0 Å². The number of hydrogen-bond donors (Lipinski definition) is 1. The third-order valence-corrected chi connectivity index (χ3v) is 5.60. The third-order valence-electron chi connectivity index (χ3n) is 5.60. The van der Waals surface area contributed by atoms with Crippen LogP contribution in [0.2, 0.25) is 0 Å². The van der Waals surface area contributed by atoms with Gasteiger partial charge in [-0.15, -0.1) is 0 Å². The summed E-state index contributed by atoms with van der Waals surface area (Å²) in [5.41, 5.74) is 3.20. The lowest BCUT2D eigenvalue weighted by Crippen LogP contribution is -2.31. The molecular weight excluding hydrogens is 336 g/mol. The summed E-state index contributed by atoms with van der Waals surface area (Å²) in [4.78, 5) is 0. The molecule has 1 heterocycles. The summed E-state index contributed by atoms with van der Waals surface area (Å²) in [6, 6.07) is 25.8. The summed E-state index contributed by atoms with van der Waals surface area (Å²) in [7, 11) is 0. The fourth-order valence-corrected chi connectivity index (χ4v) is 4.50. The van der Waals surface area contributed by atoms with Crippen LogP contribution in [0.4, 0.5) is 0 Å². The van der Waals surface area contributed by atoms with E-state index in [1.807, 2.05) is 92.7 Å². The number of hydrogen-bond acceptors (Lipinski definition) is 3. The van der Waals surface area contributed by atoms with Gasteiger partial charge >= 0.3 is 0 Å². The zero-order valence-electron chi connectivity index (χ0n) is 15.4. The standard InChI is InChI=1S/C24H22O3/c1-23(2)26-21-17-12-6-8-14-19(17)24(25,16-10-4-3-5-11-16)20-15-9-7-13-18(20)22(21)27-23/h3-15,21-22,25H,1-2H3/t21-,22-/m0/s1. The van der Waals surface area contributed by atoms with E-state index in [0.717, 1.165) is 27.8 Å². The predicted octanol–water partition coefficient (Wildman–Crippen LogP) is 4.85. The number of rotatable bonds is 1. The van der Waals surface area contributed by atoms with Crippen LogP contribution in [0.3, 0.4) is 0 Å². The molecule has 2 atom stereocenters. The minimum absolute atomic E-state index is 0.268. The van der Waals surface area contributed by atoms with Crippen LogP contribution >= 0.6 is 0 Å². The molecule has 3 heteroatoms. The van der Waals surface area contributed by atoms with Gasteiger partial charge < -0.3 is 14.6 Å². The van der Waals surface area contributed by atoms with Crippen molar-refractivity contribution in [1.82, 2.24) is 0 Å². The van der Waals surface area contributed by atoms with E-state index in [4.69, 9.17) is 9.47 Å². The SMILES string of the molecule is CC1(C)O[C@H]2c3ccccc3C(O)(c3ccccc3)c3ccccc3[C@@H]2O1. The van der Waals surface area contributed by atoms with Crippen molar-refractivity contribution >= 4 is 0 Å². The van der Waals surface area contributed by atoms with Crippen molar-refractivity contribution in [3.05, 3.63) is 107 Å². The molecule has 1 aliphatic heterocycles. The molecule has 0 amide bonds. The van der Waals surface area contributed by atoms with E-state index in [-0.39, 0.29) is 12.2 Å². The van der Waals surface area contributed by atoms with Crippen LogP contribution in [-0.2, 0) is 15.1 Å². The van der Waals surface area contributed by atoms with Gasteiger partial charge in [0.2, 0.25) is 0 Å². The van der Waals surface area contributed by atoms with Gasteiger partial charge in [0.1, 0.15) is 17.8 Å². The van der Waals surface area contributed by atoms with Crippen molar-refractivity contribution in [2.24, 2.45) is 0 Å². The first-order valence-corrected chi connectivity index (χ1v) is 9.33. The van der Waals surface area contributed by atoms with Crippen molar-refractivity contribution in [2.75, 3.05) is 0 Å². The smallest absolute Gasteiger partial charge is 0.164 e. The molecule has 27 heavy (non-hydrogen) atoms. The van der Waals surface area contributed by atoms with Gasteiger partial charge in [-0.2, -0.15) is 0 Å². The van der Waals surface area contributed by atoms with Crippen molar-refractivity contribution < 1.29 is 14.6 Å². The molecule has 1 N–H and O–H groups in total. The highest BCUT2D eigenvalue weighted by Crippen LogP contribution is 2.55. The Labute approximate surface area is 159 Å². The third kappa shape index (κ3) is 2.39. The summed E-state index contributed by atoms with van der Waals surface area (Å²) >= 11 is 0. The summed E-state index contributed by atoms with van der Waals surface area (Å²) in [6.07, 6.45) is -0.537. The first-order valence-electron chi connectivity index (χ1n) is 9.33. The molecule has 0 radical (unpaired) electrons. The monoisotopic (exact) mass is 358 g/mol. The minimum atomic E-state index is -1.27. The van der Waals surface area contributed by atoms with E-state index >= 15 is 0 Å². The summed E-state index contributed by atoms with van der Waals surface area (Å²) in [5, 5.41) is 12.2. The van der Waals surface area contributed by atoms with Crippen molar-refractivity contribution in [3.8, 4) is 0 Å². The fraction of sp³-hybridized carbons (Fsp3) is 0.250. The Bertz CT molecular complexity index is 936. The zero-order valence-corrected chi connectivity index (χ0v) is 15.4. The molecule has 136 valence electrons. The Kier molecular flexibility index (Phi) is 3.57. The Morgan fingerprint density at radius 2 is 1.11 bits per heavy atom. The number of ether oxygens (including phenoxy) is 2. The zero-order chi connectivity index (χ0) is 18.6. The van der Waals surface area contributed by atoms with Gasteiger partial charge in [0.25, 0.3) is 0 Å². The second kappa shape index (κ2) is 5.77. The molecule has 1 saturated heterocycles. The van der Waals surface area contributed by atoms with Crippen molar-refractivity contribution in [3.63, 3.8) is 0 Å². The lowest BCUT2D eigenvalue weighted by Gasteiger charge is -2.32. The molecular formula is C24H22O3. The Hall–Kier alpha value is -2.46. The van der Waals surface area contributed by atoms with E-state index in [1.54, 1.807) is 0 Å². The van der Waals surface area contributed by atoms with E-state index in [1.165, 1.54) is 0 Å². The van der Waals surface area contributed by atoms with Crippen molar-refractivity contribution in [2.45, 2.75) is 37.4 Å². The second-order valence-corrected chi connectivity index (χ2v) is 7.73.